The molecule has 12 nitrogen and oxygen atoms in total. The van der Waals surface area contributed by atoms with Gasteiger partial charge in [-0.3, -0.25) is 34.7 Å². The summed E-state index contributed by atoms with van der Waals surface area (Å²) in [4.78, 5) is 54.8. The Morgan fingerprint density at radius 1 is 0.867 bits per heavy atom. The smallest absolute Gasteiger partial charge is 0.275 e. The van der Waals surface area contributed by atoms with Gasteiger partial charge in [-0.05, 0) is 74.3 Å². The summed E-state index contributed by atoms with van der Waals surface area (Å²) in [6, 6.07) is 11.5. The lowest BCUT2D eigenvalue weighted by Gasteiger charge is -2.42. The number of imide groups is 1. The second-order valence-corrected chi connectivity index (χ2v) is 12.9. The molecular weight excluding hydrogens is 581 g/mol. The van der Waals surface area contributed by atoms with Crippen LogP contribution in [0.1, 0.15) is 51.0 Å². The molecule has 4 aliphatic rings. The zero-order valence-corrected chi connectivity index (χ0v) is 25.0. The Morgan fingerprint density at radius 3 is 2.24 bits per heavy atom. The van der Waals surface area contributed by atoms with Crippen LogP contribution in [0.4, 0.5) is 21.5 Å². The van der Waals surface area contributed by atoms with Gasteiger partial charge in [0.2, 0.25) is 11.9 Å². The third-order valence-corrected chi connectivity index (χ3v) is 10.5. The fraction of sp³-hybridized carbons (Fsp3) is 0.500. The van der Waals surface area contributed by atoms with Crippen molar-refractivity contribution in [1.82, 2.24) is 20.0 Å². The van der Waals surface area contributed by atoms with Crippen LogP contribution in [0.5, 0.6) is 0 Å². The van der Waals surface area contributed by atoms with E-state index in [1.165, 1.54) is 19.3 Å². The maximum atomic E-state index is 15.2. The first-order chi connectivity index (χ1) is 21.7. The standard InChI is InChI=1S/C32H36FN7O5/c33-29-26-19-23(5-6-25(26)31(43)39(35-29)27-7-8-28(41)34-30(27)42)36-13-11-32(12-14-36)10-9-24(20-32)38-17-15-37(16-18-38)21-1-3-22(4-2-21)40(44)45/h1-6,19,24,27H,7-18,20H2,(H,34,41,42). The van der Waals surface area contributed by atoms with Gasteiger partial charge >= 0.3 is 0 Å². The van der Waals surface area contributed by atoms with Gasteiger partial charge in [-0.1, -0.05) is 0 Å². The van der Waals surface area contributed by atoms with Crippen molar-refractivity contribution in [3.63, 3.8) is 0 Å². The molecule has 7 rings (SSSR count). The van der Waals surface area contributed by atoms with Crippen LogP contribution in [0.15, 0.2) is 47.3 Å². The number of carbonyl (C=O) groups excluding carboxylic acids is 2. The highest BCUT2D eigenvalue weighted by atomic mass is 19.1. The number of piperidine rings is 2. The minimum atomic E-state index is -1.01. The molecule has 4 fully saturated rings. The Morgan fingerprint density at radius 2 is 1.56 bits per heavy atom. The van der Waals surface area contributed by atoms with E-state index in [1.54, 1.807) is 24.3 Å². The van der Waals surface area contributed by atoms with E-state index in [0.717, 1.165) is 68.2 Å². The maximum Gasteiger partial charge on any atom is 0.275 e. The molecule has 1 spiro atoms. The summed E-state index contributed by atoms with van der Waals surface area (Å²) < 4.78 is 16.1. The first-order valence-corrected chi connectivity index (χ1v) is 15.7. The number of nitrogens with one attached hydrogen (secondary N) is 1. The molecule has 4 heterocycles. The third-order valence-electron chi connectivity index (χ3n) is 10.5. The highest BCUT2D eigenvalue weighted by Gasteiger charge is 2.43. The molecule has 0 radical (unpaired) electrons. The van der Waals surface area contributed by atoms with E-state index in [4.69, 9.17) is 0 Å². The summed E-state index contributed by atoms with van der Waals surface area (Å²) in [6.45, 7) is 5.48. The number of piperazine rings is 1. The molecule has 2 atom stereocenters. The molecule has 2 unspecified atom stereocenters. The number of halogens is 1. The van der Waals surface area contributed by atoms with Gasteiger partial charge in [0.1, 0.15) is 6.04 Å². The summed E-state index contributed by atoms with van der Waals surface area (Å²) >= 11 is 0. The Hall–Kier alpha value is -4.39. The Labute approximate surface area is 258 Å². The number of nitrogens with zero attached hydrogens (tertiary/aromatic N) is 6. The summed E-state index contributed by atoms with van der Waals surface area (Å²) in [5.74, 6) is -1.86. The molecule has 3 aromatic rings. The average Bonchev–Trinajstić information content (AvgIpc) is 3.46. The van der Waals surface area contributed by atoms with Gasteiger partial charge in [0.15, 0.2) is 0 Å². The van der Waals surface area contributed by atoms with Crippen LogP contribution in [0.3, 0.4) is 0 Å². The van der Waals surface area contributed by atoms with Gasteiger partial charge in [0, 0.05) is 80.6 Å². The molecule has 13 heteroatoms. The predicted molar refractivity (Wildman–Crippen MR) is 166 cm³/mol. The van der Waals surface area contributed by atoms with E-state index in [1.807, 2.05) is 18.2 Å². The van der Waals surface area contributed by atoms with Gasteiger partial charge in [0.25, 0.3) is 17.2 Å². The molecular formula is C32H36FN7O5. The van der Waals surface area contributed by atoms with E-state index in [2.05, 4.69) is 25.1 Å². The SMILES string of the molecule is O=C1CCC(n2nc(F)c3cc(N4CCC5(CCC(N6CCN(c7ccc([N+](=O)[O-])cc7)CC6)C5)CC4)ccc3c2=O)C(=O)N1. The molecule has 1 N–H and O–H groups in total. The topological polar surface area (TPSA) is 134 Å². The zero-order valence-electron chi connectivity index (χ0n) is 25.0. The molecule has 1 aliphatic carbocycles. The number of amides is 2. The van der Waals surface area contributed by atoms with Gasteiger partial charge in [-0.15, -0.1) is 5.10 Å². The van der Waals surface area contributed by atoms with E-state index in [9.17, 15) is 24.5 Å². The number of rotatable bonds is 5. The molecule has 2 aromatic carbocycles. The summed E-state index contributed by atoms with van der Waals surface area (Å²) in [5, 5.41) is 17.3. The molecule has 2 amide bonds. The number of aromatic nitrogens is 2. The molecule has 3 saturated heterocycles. The first kappa shape index (κ1) is 29.3. The van der Waals surface area contributed by atoms with Crippen LogP contribution in [0, 0.1) is 21.5 Å². The van der Waals surface area contributed by atoms with Crippen LogP contribution < -0.4 is 20.7 Å². The second-order valence-electron chi connectivity index (χ2n) is 12.9. The maximum absolute atomic E-state index is 15.2. The first-order valence-electron chi connectivity index (χ1n) is 15.7. The predicted octanol–water partition coefficient (Wildman–Crippen LogP) is 3.38. The molecule has 1 aromatic heterocycles. The number of hydrogen-bond donors (Lipinski definition) is 1. The van der Waals surface area contributed by atoms with E-state index < -0.39 is 29.4 Å². The van der Waals surface area contributed by atoms with Crippen molar-refractivity contribution < 1.29 is 18.9 Å². The average molecular weight is 618 g/mol. The fourth-order valence-corrected chi connectivity index (χ4v) is 7.84. The zero-order chi connectivity index (χ0) is 31.3. The van der Waals surface area contributed by atoms with Gasteiger partial charge in [-0.25, -0.2) is 4.68 Å². The summed E-state index contributed by atoms with van der Waals surface area (Å²) in [5.41, 5.74) is 1.75. The lowest BCUT2D eigenvalue weighted by molar-refractivity contribution is -0.384. The molecule has 1 saturated carbocycles. The monoisotopic (exact) mass is 617 g/mol. The highest BCUT2D eigenvalue weighted by Crippen LogP contribution is 2.48. The van der Waals surface area contributed by atoms with E-state index >= 15 is 4.39 Å². The Balaban J connectivity index is 0.967. The van der Waals surface area contributed by atoms with Crippen molar-refractivity contribution in [1.29, 1.82) is 0 Å². The fourth-order valence-electron chi connectivity index (χ4n) is 7.84. The summed E-state index contributed by atoms with van der Waals surface area (Å²) in [7, 11) is 0. The molecule has 0 bridgehead atoms. The van der Waals surface area contributed by atoms with Crippen molar-refractivity contribution >= 4 is 39.6 Å². The number of hydrogen-bond acceptors (Lipinski definition) is 9. The number of nitro groups is 1. The highest BCUT2D eigenvalue weighted by molar-refractivity contribution is 5.99. The number of nitro benzene ring substituents is 1. The minimum absolute atomic E-state index is 0.0707. The third kappa shape index (κ3) is 5.54. The molecule has 45 heavy (non-hydrogen) atoms. The number of carbonyl (C=O) groups is 2. The Bertz CT molecular complexity index is 1710. The lowest BCUT2D eigenvalue weighted by Crippen LogP contribution is -2.50. The summed E-state index contributed by atoms with van der Waals surface area (Å²) in [6.07, 6.45) is 5.85. The quantitative estimate of drug-likeness (QED) is 0.260. The molecule has 236 valence electrons. The lowest BCUT2D eigenvalue weighted by atomic mass is 9.76. The number of fused-ring (bicyclic) bond motifs is 1. The Kier molecular flexibility index (Phi) is 7.50. The minimum Gasteiger partial charge on any atom is -0.371 e. The van der Waals surface area contributed by atoms with Crippen molar-refractivity contribution in [2.24, 2.45) is 5.41 Å². The van der Waals surface area contributed by atoms with Gasteiger partial charge < -0.3 is 9.80 Å². The van der Waals surface area contributed by atoms with Crippen LogP contribution in [-0.2, 0) is 9.59 Å². The largest absolute Gasteiger partial charge is 0.371 e. The van der Waals surface area contributed by atoms with Crippen molar-refractivity contribution in [3.8, 4) is 0 Å². The van der Waals surface area contributed by atoms with Crippen molar-refractivity contribution in [2.45, 2.75) is 57.0 Å². The van der Waals surface area contributed by atoms with Crippen LogP contribution in [0.25, 0.3) is 10.8 Å². The number of anilines is 2. The molecule has 3 aliphatic heterocycles. The van der Waals surface area contributed by atoms with Crippen molar-refractivity contribution in [3.05, 3.63) is 68.9 Å². The van der Waals surface area contributed by atoms with Crippen LogP contribution in [0.2, 0.25) is 0 Å². The van der Waals surface area contributed by atoms with Crippen molar-refractivity contribution in [2.75, 3.05) is 49.1 Å². The van der Waals surface area contributed by atoms with Gasteiger partial charge in [0.05, 0.1) is 10.3 Å². The van der Waals surface area contributed by atoms with Crippen LogP contribution >= 0.6 is 0 Å². The second kappa shape index (κ2) is 11.5. The van der Waals surface area contributed by atoms with Gasteiger partial charge in [-0.2, -0.15) is 4.39 Å². The normalized spacial score (nSPS) is 23.9. The van der Waals surface area contributed by atoms with Crippen LogP contribution in [-0.4, -0.2) is 76.7 Å². The number of benzene rings is 2. The number of non-ortho nitro benzene ring substituents is 1. The van der Waals surface area contributed by atoms with E-state index in [-0.39, 0.29) is 34.2 Å². The van der Waals surface area contributed by atoms with E-state index in [0.29, 0.717) is 11.5 Å².